The van der Waals surface area contributed by atoms with Crippen molar-refractivity contribution in [3.8, 4) is 0 Å². The van der Waals surface area contributed by atoms with Crippen molar-refractivity contribution >= 4 is 15.0 Å². The fourth-order valence-corrected chi connectivity index (χ4v) is 6.24. The van der Waals surface area contributed by atoms with Crippen LogP contribution in [0.15, 0.2) is 12.7 Å². The minimum absolute atomic E-state index is 0.0105. The van der Waals surface area contributed by atoms with E-state index in [0.29, 0.717) is 6.61 Å². The second-order valence-corrected chi connectivity index (χ2v) is 9.15. The molecule has 3 aliphatic rings. The van der Waals surface area contributed by atoms with Crippen molar-refractivity contribution in [1.29, 1.82) is 0 Å². The van der Waals surface area contributed by atoms with Crippen molar-refractivity contribution in [2.24, 2.45) is 0 Å². The average Bonchev–Trinajstić information content (AvgIpc) is 2.52. The Bertz CT molecular complexity index is 441. The van der Waals surface area contributed by atoms with E-state index in [2.05, 4.69) is 27.4 Å². The summed E-state index contributed by atoms with van der Waals surface area (Å²) in [6, 6.07) is 0. The number of carbonyl (C=O) groups excluding carboxylic acids is 1. The van der Waals surface area contributed by atoms with Crippen LogP contribution in [0.5, 0.6) is 0 Å². The fourth-order valence-electron chi connectivity index (χ4n) is 4.02. The van der Waals surface area contributed by atoms with Crippen molar-refractivity contribution in [3.63, 3.8) is 0 Å². The summed E-state index contributed by atoms with van der Waals surface area (Å²) in [6.45, 7) is 14.4. The zero-order chi connectivity index (χ0) is 18.3. The molecule has 6 nitrogen and oxygen atoms in total. The molecule has 0 N–H and O–H groups in total. The molecule has 3 rings (SSSR count). The highest BCUT2D eigenvalue weighted by molar-refractivity contribution is 6.56. The van der Waals surface area contributed by atoms with Gasteiger partial charge in [-0.3, -0.25) is 0 Å². The van der Waals surface area contributed by atoms with E-state index >= 15 is 0 Å². The molecule has 0 radical (unpaired) electrons. The van der Waals surface area contributed by atoms with Gasteiger partial charge < -0.3 is 22.2 Å². The first-order valence-corrected chi connectivity index (χ1v) is 11.3. The molecular formula is C18H34NO5Si+. The molecule has 0 aliphatic carbocycles. The van der Waals surface area contributed by atoms with Gasteiger partial charge in [-0.15, -0.1) is 0 Å². The second-order valence-electron chi connectivity index (χ2n) is 7.18. The molecule has 0 spiro atoms. The van der Waals surface area contributed by atoms with Crippen molar-refractivity contribution in [2.45, 2.75) is 65.1 Å². The molecule has 0 saturated carbocycles. The lowest BCUT2D eigenvalue weighted by atomic mass is 10.1. The highest BCUT2D eigenvalue weighted by Crippen LogP contribution is 2.30. The maximum absolute atomic E-state index is 11.9. The zero-order valence-electron chi connectivity index (χ0n) is 16.0. The van der Waals surface area contributed by atoms with Gasteiger partial charge in [0.2, 0.25) is 0 Å². The number of quaternary nitrogens is 1. The van der Waals surface area contributed by atoms with Crippen molar-refractivity contribution in [3.05, 3.63) is 12.7 Å². The topological polar surface area (TPSA) is 54.0 Å². The van der Waals surface area contributed by atoms with Crippen LogP contribution in [0.3, 0.4) is 0 Å². The van der Waals surface area contributed by atoms with E-state index < -0.39 is 15.0 Å². The van der Waals surface area contributed by atoms with Crippen LogP contribution < -0.4 is 0 Å². The molecule has 144 valence electrons. The third-order valence-electron chi connectivity index (χ3n) is 4.96. The normalized spacial score (nSPS) is 35.5. The summed E-state index contributed by atoms with van der Waals surface area (Å²) in [5, 5.41) is 0. The molecule has 0 aromatic heterocycles. The summed E-state index contributed by atoms with van der Waals surface area (Å²) < 4.78 is 25.2. The standard InChI is InChI=1S/C18H34NO5Si/c1-5-9-16-14-19(11-7-3)12-13-21-25(22-16,24-18(20)8-4)23-17(15-19)10-6-2/h8,16-17H,4-7,9-15H2,1-3H3/q+1. The van der Waals surface area contributed by atoms with Crippen molar-refractivity contribution < 1.29 is 27.0 Å². The molecule has 7 heteroatoms. The van der Waals surface area contributed by atoms with Crippen LogP contribution >= 0.6 is 0 Å². The first-order valence-electron chi connectivity index (χ1n) is 9.70. The molecule has 0 aromatic carbocycles. The molecule has 2 unspecified atom stereocenters. The van der Waals surface area contributed by atoms with Gasteiger partial charge in [-0.05, 0) is 19.3 Å². The smallest absolute Gasteiger partial charge is 0.449 e. The predicted octanol–water partition coefficient (Wildman–Crippen LogP) is 2.79. The Morgan fingerprint density at radius 2 is 1.76 bits per heavy atom. The summed E-state index contributed by atoms with van der Waals surface area (Å²) in [4.78, 5) is 11.9. The van der Waals surface area contributed by atoms with Crippen LogP contribution in [0, 0.1) is 0 Å². The molecule has 3 aliphatic heterocycles. The number of hydrogen-bond donors (Lipinski definition) is 0. The Morgan fingerprint density at radius 3 is 2.24 bits per heavy atom. The molecule has 3 fully saturated rings. The van der Waals surface area contributed by atoms with Gasteiger partial charge in [0.15, 0.2) is 0 Å². The van der Waals surface area contributed by atoms with Gasteiger partial charge in [0, 0.05) is 6.08 Å². The number of hydrogen-bond acceptors (Lipinski definition) is 5. The van der Waals surface area contributed by atoms with E-state index in [9.17, 15) is 4.79 Å². The lowest BCUT2D eigenvalue weighted by Crippen LogP contribution is -2.68. The summed E-state index contributed by atoms with van der Waals surface area (Å²) >= 11 is 0. The Morgan fingerprint density at radius 1 is 1.16 bits per heavy atom. The molecule has 25 heavy (non-hydrogen) atoms. The second kappa shape index (κ2) is 9.28. The largest absolute Gasteiger partial charge is 0.753 e. The molecule has 0 amide bonds. The van der Waals surface area contributed by atoms with E-state index in [0.717, 1.165) is 68.8 Å². The first-order chi connectivity index (χ1) is 12.0. The van der Waals surface area contributed by atoms with Crippen LogP contribution in [0.2, 0.25) is 0 Å². The molecule has 2 atom stereocenters. The molecule has 0 aromatic rings. The summed E-state index contributed by atoms with van der Waals surface area (Å²) in [5.74, 6) is -0.535. The number of carbonyl (C=O) groups is 1. The van der Waals surface area contributed by atoms with Gasteiger partial charge in [-0.25, -0.2) is 4.79 Å². The van der Waals surface area contributed by atoms with Gasteiger partial charge in [-0.2, -0.15) is 0 Å². The lowest BCUT2D eigenvalue weighted by molar-refractivity contribution is -0.936. The van der Waals surface area contributed by atoms with Gasteiger partial charge in [-0.1, -0.05) is 40.2 Å². The Labute approximate surface area is 153 Å². The zero-order valence-corrected chi connectivity index (χ0v) is 17.0. The van der Waals surface area contributed by atoms with E-state index in [-0.39, 0.29) is 12.2 Å². The van der Waals surface area contributed by atoms with E-state index in [1.165, 1.54) is 0 Å². The van der Waals surface area contributed by atoms with Crippen LogP contribution in [0.25, 0.3) is 0 Å². The molecule has 3 heterocycles. The monoisotopic (exact) mass is 372 g/mol. The number of fused-ring (bicyclic) bond motifs is 6. The summed E-state index contributed by atoms with van der Waals surface area (Å²) in [7, 11) is -3.50. The third kappa shape index (κ3) is 5.37. The highest BCUT2D eigenvalue weighted by atomic mass is 28.4. The highest BCUT2D eigenvalue weighted by Gasteiger charge is 2.58. The minimum Gasteiger partial charge on any atom is -0.449 e. The van der Waals surface area contributed by atoms with Crippen LogP contribution in [0.1, 0.15) is 52.9 Å². The van der Waals surface area contributed by atoms with Crippen LogP contribution in [-0.4, -0.2) is 64.5 Å². The average molecular weight is 373 g/mol. The maximum atomic E-state index is 11.9. The minimum atomic E-state index is -3.50. The van der Waals surface area contributed by atoms with Crippen LogP contribution in [-0.2, 0) is 22.5 Å². The van der Waals surface area contributed by atoms with Crippen molar-refractivity contribution in [2.75, 3.05) is 32.8 Å². The van der Waals surface area contributed by atoms with Gasteiger partial charge in [0.25, 0.3) is 0 Å². The molecule has 2 bridgehead atoms. The van der Waals surface area contributed by atoms with E-state index in [1.807, 2.05) is 0 Å². The quantitative estimate of drug-likeness (QED) is 0.373. The van der Waals surface area contributed by atoms with Gasteiger partial charge in [0.05, 0.1) is 13.2 Å². The predicted molar refractivity (Wildman–Crippen MR) is 97.6 cm³/mol. The Hall–Kier alpha value is -0.733. The molecular weight excluding hydrogens is 338 g/mol. The van der Waals surface area contributed by atoms with Crippen molar-refractivity contribution in [1.82, 2.24) is 0 Å². The van der Waals surface area contributed by atoms with Gasteiger partial charge in [0.1, 0.15) is 31.8 Å². The maximum Gasteiger partial charge on any atom is 0.753 e. The number of nitrogens with zero attached hydrogens (tertiary/aromatic N) is 1. The Kier molecular flexibility index (Phi) is 7.63. The van der Waals surface area contributed by atoms with E-state index in [1.54, 1.807) is 0 Å². The van der Waals surface area contributed by atoms with Crippen LogP contribution in [0.4, 0.5) is 0 Å². The Balaban J connectivity index is 2.34. The lowest BCUT2D eigenvalue weighted by Gasteiger charge is -2.49. The van der Waals surface area contributed by atoms with E-state index in [4.69, 9.17) is 17.7 Å². The molecule has 3 saturated heterocycles. The van der Waals surface area contributed by atoms with Gasteiger partial charge >= 0.3 is 15.0 Å². The summed E-state index contributed by atoms with van der Waals surface area (Å²) in [6.07, 6.45) is 6.09. The fraction of sp³-hybridized carbons (Fsp3) is 0.833. The first kappa shape index (κ1) is 20.6. The number of rotatable bonds is 8. The summed E-state index contributed by atoms with van der Waals surface area (Å²) in [5.41, 5.74) is 0. The third-order valence-corrected chi connectivity index (χ3v) is 7.21. The SMILES string of the molecule is C=CC(=O)O[Si]12OCC[N+](CCC)(CC(CCC)O1)CC(CCC)O2.